The molecule has 0 spiro atoms. The zero-order chi connectivity index (χ0) is 24.9. The first-order valence-electron chi connectivity index (χ1n) is 11.6. The average molecular weight is 477 g/mol. The Labute approximate surface area is 204 Å². The Morgan fingerprint density at radius 2 is 1.89 bits per heavy atom. The van der Waals surface area contributed by atoms with E-state index in [1.165, 1.54) is 9.80 Å². The summed E-state index contributed by atoms with van der Waals surface area (Å²) in [6.07, 6.45) is 0.798. The lowest BCUT2D eigenvalue weighted by atomic mass is 10.1. The Bertz CT molecular complexity index is 1250. The third kappa shape index (κ3) is 5.21. The van der Waals surface area contributed by atoms with Crippen molar-refractivity contribution in [3.8, 4) is 11.5 Å². The highest BCUT2D eigenvalue weighted by Crippen LogP contribution is 2.34. The van der Waals surface area contributed by atoms with E-state index in [0.29, 0.717) is 35.1 Å². The van der Waals surface area contributed by atoms with Crippen LogP contribution in [0.25, 0.3) is 0 Å². The van der Waals surface area contributed by atoms with E-state index in [1.54, 1.807) is 37.4 Å². The van der Waals surface area contributed by atoms with E-state index in [4.69, 9.17) is 13.9 Å². The number of ether oxygens (including phenoxy) is 2. The molecule has 8 nitrogen and oxygen atoms in total. The minimum Gasteiger partial charge on any atom is -0.485 e. The number of furan rings is 1. The Morgan fingerprint density at radius 1 is 1.09 bits per heavy atom. The van der Waals surface area contributed by atoms with Crippen molar-refractivity contribution in [2.24, 2.45) is 0 Å². The van der Waals surface area contributed by atoms with E-state index < -0.39 is 0 Å². The molecule has 182 valence electrons. The highest BCUT2D eigenvalue weighted by Gasteiger charge is 2.28. The Morgan fingerprint density at radius 3 is 2.66 bits per heavy atom. The molecule has 1 aliphatic rings. The summed E-state index contributed by atoms with van der Waals surface area (Å²) < 4.78 is 17.0. The van der Waals surface area contributed by atoms with Gasteiger partial charge in [-0.25, -0.2) is 0 Å². The summed E-state index contributed by atoms with van der Waals surface area (Å²) in [5.74, 6) is 1.11. The van der Waals surface area contributed by atoms with Gasteiger partial charge in [0.05, 0.1) is 12.2 Å². The van der Waals surface area contributed by atoms with Gasteiger partial charge >= 0.3 is 0 Å². The van der Waals surface area contributed by atoms with Crippen LogP contribution in [0.15, 0.2) is 59.0 Å². The number of para-hydroxylation sites is 1. The minimum absolute atomic E-state index is 0.107. The third-order valence-electron chi connectivity index (χ3n) is 5.94. The van der Waals surface area contributed by atoms with E-state index >= 15 is 0 Å². The molecule has 3 aromatic rings. The lowest BCUT2D eigenvalue weighted by molar-refractivity contribution is -0.121. The zero-order valence-corrected chi connectivity index (χ0v) is 20.1. The first kappa shape index (κ1) is 24.1. The second-order valence-corrected chi connectivity index (χ2v) is 8.21. The first-order valence-corrected chi connectivity index (χ1v) is 11.6. The smallest absolute Gasteiger partial charge is 0.289 e. The summed E-state index contributed by atoms with van der Waals surface area (Å²) in [5.41, 5.74) is 1.90. The van der Waals surface area contributed by atoms with Crippen LogP contribution in [0.3, 0.4) is 0 Å². The van der Waals surface area contributed by atoms with Crippen molar-refractivity contribution in [1.29, 1.82) is 0 Å². The van der Waals surface area contributed by atoms with Gasteiger partial charge in [-0.3, -0.25) is 19.3 Å². The maximum Gasteiger partial charge on any atom is 0.289 e. The van der Waals surface area contributed by atoms with Crippen LogP contribution in [0.5, 0.6) is 11.5 Å². The summed E-state index contributed by atoms with van der Waals surface area (Å²) in [7, 11) is 1.69. The molecule has 1 aliphatic heterocycles. The van der Waals surface area contributed by atoms with E-state index in [1.807, 2.05) is 38.1 Å². The summed E-state index contributed by atoms with van der Waals surface area (Å²) in [5, 5.41) is 0. The molecule has 0 fully saturated rings. The summed E-state index contributed by atoms with van der Waals surface area (Å²) in [6.45, 7) is 4.31. The highest BCUT2D eigenvalue weighted by atomic mass is 16.5. The molecular formula is C27H28N2O6. The highest BCUT2D eigenvalue weighted by molar-refractivity contribution is 6.02. The molecule has 2 heterocycles. The van der Waals surface area contributed by atoms with Gasteiger partial charge in [-0.2, -0.15) is 0 Å². The zero-order valence-electron chi connectivity index (χ0n) is 20.1. The molecule has 0 radical (unpaired) electrons. The second kappa shape index (κ2) is 10.5. The molecule has 2 amide bonds. The predicted octanol–water partition coefficient (Wildman–Crippen LogP) is 4.12. The number of anilines is 1. The SMILES string of the molecule is CCc1ccccc1OCC(=O)c1ccc2c(c1)N(Cc1ccc(C(=O)N(C)CC)o1)C(=O)CO2. The van der Waals surface area contributed by atoms with Crippen LogP contribution >= 0.6 is 0 Å². The summed E-state index contributed by atoms with van der Waals surface area (Å²) in [4.78, 5) is 41.0. The predicted molar refractivity (Wildman–Crippen MR) is 130 cm³/mol. The van der Waals surface area contributed by atoms with Crippen LogP contribution < -0.4 is 14.4 Å². The van der Waals surface area contributed by atoms with E-state index in [2.05, 4.69) is 0 Å². The fraction of sp³-hybridized carbons (Fsp3) is 0.296. The molecule has 1 aromatic heterocycles. The topological polar surface area (TPSA) is 89.3 Å². The van der Waals surface area contributed by atoms with Crippen molar-refractivity contribution in [3.05, 3.63) is 77.2 Å². The normalized spacial score (nSPS) is 12.7. The number of hydrogen-bond donors (Lipinski definition) is 0. The van der Waals surface area contributed by atoms with Gasteiger partial charge in [0.15, 0.2) is 24.8 Å². The molecule has 35 heavy (non-hydrogen) atoms. The molecule has 0 unspecified atom stereocenters. The molecule has 8 heteroatoms. The van der Waals surface area contributed by atoms with Crippen LogP contribution in [-0.4, -0.2) is 49.3 Å². The maximum atomic E-state index is 12.9. The standard InChI is InChI=1S/C27H28N2O6/c1-4-18-8-6-7-9-23(18)33-16-22(30)19-10-12-24-21(14-19)29(26(31)17-34-24)15-20-11-13-25(35-20)27(32)28(3)5-2/h6-14H,4-5,15-17H2,1-3H3. The van der Waals surface area contributed by atoms with E-state index in [9.17, 15) is 14.4 Å². The lowest BCUT2D eigenvalue weighted by Gasteiger charge is -2.29. The van der Waals surface area contributed by atoms with Gasteiger partial charge < -0.3 is 18.8 Å². The molecule has 0 saturated heterocycles. The van der Waals surface area contributed by atoms with Gasteiger partial charge in [0.1, 0.15) is 17.3 Å². The fourth-order valence-electron chi connectivity index (χ4n) is 3.78. The lowest BCUT2D eigenvalue weighted by Crippen LogP contribution is -2.38. The largest absolute Gasteiger partial charge is 0.485 e. The van der Waals surface area contributed by atoms with Crippen molar-refractivity contribution in [2.45, 2.75) is 26.8 Å². The molecule has 0 saturated carbocycles. The molecule has 0 atom stereocenters. The molecular weight excluding hydrogens is 448 g/mol. The number of Topliss-reactive ketones (excluding diaryl/α,β-unsaturated/α-hetero) is 1. The van der Waals surface area contributed by atoms with E-state index in [-0.39, 0.29) is 43.1 Å². The van der Waals surface area contributed by atoms with Crippen LogP contribution in [0.1, 0.15) is 46.1 Å². The number of aryl methyl sites for hydroxylation is 1. The molecule has 0 N–H and O–H groups in total. The number of rotatable bonds is 9. The van der Waals surface area contributed by atoms with Gasteiger partial charge in [0.25, 0.3) is 11.8 Å². The number of hydrogen-bond acceptors (Lipinski definition) is 6. The van der Waals surface area contributed by atoms with Gasteiger partial charge in [0, 0.05) is 19.2 Å². The number of amides is 2. The number of benzene rings is 2. The number of ketones is 1. The van der Waals surface area contributed by atoms with Gasteiger partial charge in [-0.15, -0.1) is 0 Å². The first-order chi connectivity index (χ1) is 16.9. The van der Waals surface area contributed by atoms with Gasteiger partial charge in [-0.1, -0.05) is 25.1 Å². The van der Waals surface area contributed by atoms with Crippen LogP contribution in [0, 0.1) is 0 Å². The van der Waals surface area contributed by atoms with Gasteiger partial charge in [0.2, 0.25) is 0 Å². The summed E-state index contributed by atoms with van der Waals surface area (Å²) in [6, 6.07) is 15.8. The van der Waals surface area contributed by atoms with Crippen LogP contribution in [-0.2, 0) is 17.8 Å². The number of carbonyl (C=O) groups excluding carboxylic acids is 3. The number of fused-ring (bicyclic) bond motifs is 1. The second-order valence-electron chi connectivity index (χ2n) is 8.21. The van der Waals surface area contributed by atoms with Gasteiger partial charge in [-0.05, 0) is 55.3 Å². The van der Waals surface area contributed by atoms with Crippen molar-refractivity contribution in [2.75, 3.05) is 31.7 Å². The van der Waals surface area contributed by atoms with Crippen LogP contribution in [0.4, 0.5) is 5.69 Å². The molecule has 0 aliphatic carbocycles. The monoisotopic (exact) mass is 476 g/mol. The van der Waals surface area contributed by atoms with Crippen molar-refractivity contribution in [3.63, 3.8) is 0 Å². The van der Waals surface area contributed by atoms with E-state index in [0.717, 1.165) is 12.0 Å². The Balaban J connectivity index is 1.52. The van der Waals surface area contributed by atoms with Crippen LogP contribution in [0.2, 0.25) is 0 Å². The fourth-order valence-corrected chi connectivity index (χ4v) is 3.78. The number of nitrogens with zero attached hydrogens (tertiary/aromatic N) is 2. The third-order valence-corrected chi connectivity index (χ3v) is 5.94. The van der Waals surface area contributed by atoms with Crippen molar-refractivity contribution in [1.82, 2.24) is 4.90 Å². The van der Waals surface area contributed by atoms with Crippen molar-refractivity contribution < 1.29 is 28.3 Å². The summed E-state index contributed by atoms with van der Waals surface area (Å²) >= 11 is 0. The average Bonchev–Trinajstić information content (AvgIpc) is 3.36. The number of carbonyl (C=O) groups is 3. The molecule has 2 aromatic carbocycles. The maximum absolute atomic E-state index is 12.9. The molecule has 0 bridgehead atoms. The minimum atomic E-state index is -0.273. The molecule has 4 rings (SSSR count). The Kier molecular flexibility index (Phi) is 7.19. The van der Waals surface area contributed by atoms with Crippen molar-refractivity contribution >= 4 is 23.3 Å². The Hall–Kier alpha value is -4.07. The quantitative estimate of drug-likeness (QED) is 0.432.